The van der Waals surface area contributed by atoms with Crippen molar-refractivity contribution in [2.75, 3.05) is 18.2 Å². The average Bonchev–Trinajstić information content (AvgIpc) is 3.15. The Morgan fingerprint density at radius 1 is 1.27 bits per heavy atom. The zero-order chi connectivity index (χ0) is 21.9. The number of hydrogen-bond acceptors (Lipinski definition) is 6. The summed E-state index contributed by atoms with van der Waals surface area (Å²) in [5, 5.41) is 3.40. The number of aryl methyl sites for hydroxylation is 2. The fourth-order valence-corrected chi connectivity index (χ4v) is 5.52. The van der Waals surface area contributed by atoms with Gasteiger partial charge in [0.05, 0.1) is 12.9 Å². The molecular formula is C22H25NO5S2. The van der Waals surface area contributed by atoms with E-state index in [1.165, 1.54) is 49.0 Å². The average molecular weight is 448 g/mol. The Bertz CT molecular complexity index is 1080. The molecule has 0 saturated carbocycles. The van der Waals surface area contributed by atoms with Gasteiger partial charge < -0.3 is 10.1 Å². The number of sulfone groups is 1. The van der Waals surface area contributed by atoms with Crippen molar-refractivity contribution in [1.82, 2.24) is 0 Å². The van der Waals surface area contributed by atoms with E-state index in [9.17, 15) is 18.0 Å². The summed E-state index contributed by atoms with van der Waals surface area (Å²) in [6, 6.07) is 6.15. The number of carbonyl (C=O) groups excluding carboxylic acids is 2. The van der Waals surface area contributed by atoms with Crippen molar-refractivity contribution in [3.8, 4) is 11.1 Å². The van der Waals surface area contributed by atoms with Gasteiger partial charge in [-0.25, -0.2) is 13.2 Å². The molecule has 1 aromatic carbocycles. The highest BCUT2D eigenvalue weighted by Crippen LogP contribution is 2.38. The number of esters is 1. The van der Waals surface area contributed by atoms with Crippen LogP contribution in [0.1, 0.15) is 41.3 Å². The van der Waals surface area contributed by atoms with E-state index in [1.807, 2.05) is 6.07 Å². The number of thiophene rings is 1. The summed E-state index contributed by atoms with van der Waals surface area (Å²) >= 11 is 1.17. The first-order chi connectivity index (χ1) is 14.3. The quantitative estimate of drug-likeness (QED) is 0.512. The van der Waals surface area contributed by atoms with E-state index < -0.39 is 27.0 Å². The highest BCUT2D eigenvalue weighted by atomic mass is 32.2. The number of anilines is 1. The highest BCUT2D eigenvalue weighted by molar-refractivity contribution is 7.92. The van der Waals surface area contributed by atoms with Gasteiger partial charge in [-0.3, -0.25) is 4.79 Å². The van der Waals surface area contributed by atoms with Crippen LogP contribution in [0.2, 0.25) is 0 Å². The fourth-order valence-electron chi connectivity index (χ4n) is 3.55. The minimum absolute atomic E-state index is 0.236. The van der Waals surface area contributed by atoms with Crippen LogP contribution in [0.3, 0.4) is 0 Å². The Hall–Kier alpha value is -2.45. The number of fused-ring (bicyclic) bond motifs is 1. The molecule has 0 aliphatic heterocycles. The zero-order valence-electron chi connectivity index (χ0n) is 17.1. The first kappa shape index (κ1) is 22.2. The molecule has 2 aromatic rings. The molecule has 30 heavy (non-hydrogen) atoms. The van der Waals surface area contributed by atoms with Crippen molar-refractivity contribution < 1.29 is 22.7 Å². The fraction of sp³-hybridized carbons (Fsp3) is 0.364. The van der Waals surface area contributed by atoms with Gasteiger partial charge in [0, 0.05) is 10.9 Å². The van der Waals surface area contributed by atoms with E-state index in [4.69, 9.17) is 4.74 Å². The first-order valence-electron chi connectivity index (χ1n) is 9.73. The molecule has 1 atom stereocenters. The van der Waals surface area contributed by atoms with Crippen molar-refractivity contribution in [1.29, 1.82) is 0 Å². The zero-order valence-corrected chi connectivity index (χ0v) is 18.7. The highest BCUT2D eigenvalue weighted by Gasteiger charge is 2.29. The van der Waals surface area contributed by atoms with E-state index in [-0.39, 0.29) is 16.3 Å². The molecule has 0 fully saturated rings. The number of benzene rings is 1. The summed E-state index contributed by atoms with van der Waals surface area (Å²) < 4.78 is 29.3. The maximum atomic E-state index is 12.6. The minimum atomic E-state index is -3.67. The third kappa shape index (κ3) is 4.49. The van der Waals surface area contributed by atoms with Crippen molar-refractivity contribution >= 4 is 38.1 Å². The van der Waals surface area contributed by atoms with Gasteiger partial charge in [0.1, 0.15) is 15.8 Å². The molecule has 1 unspecified atom stereocenters. The summed E-state index contributed by atoms with van der Waals surface area (Å²) in [5.41, 5.74) is 4.38. The topological polar surface area (TPSA) is 89.5 Å². The van der Waals surface area contributed by atoms with E-state index in [2.05, 4.69) is 24.0 Å². The van der Waals surface area contributed by atoms with Crippen LogP contribution in [-0.2, 0) is 32.2 Å². The molecule has 1 heterocycles. The van der Waals surface area contributed by atoms with Crippen LogP contribution in [0, 0.1) is 0 Å². The van der Waals surface area contributed by atoms with E-state index in [0.29, 0.717) is 5.56 Å². The lowest BCUT2D eigenvalue weighted by atomic mass is 9.89. The summed E-state index contributed by atoms with van der Waals surface area (Å²) in [6.07, 6.45) is 5.63. The number of amides is 1. The van der Waals surface area contributed by atoms with E-state index in [0.717, 1.165) is 24.8 Å². The van der Waals surface area contributed by atoms with Crippen LogP contribution >= 0.6 is 11.3 Å². The number of rotatable bonds is 7. The Morgan fingerprint density at radius 2 is 1.97 bits per heavy atom. The second-order valence-electron chi connectivity index (χ2n) is 7.29. The molecular weight excluding hydrogens is 422 g/mol. The summed E-state index contributed by atoms with van der Waals surface area (Å²) in [7, 11) is -2.39. The summed E-state index contributed by atoms with van der Waals surface area (Å²) in [6.45, 7) is 4.74. The molecule has 0 spiro atoms. The minimum Gasteiger partial charge on any atom is -0.465 e. The lowest BCUT2D eigenvalue weighted by Crippen LogP contribution is -2.33. The van der Waals surface area contributed by atoms with Crippen LogP contribution in [-0.4, -0.2) is 38.4 Å². The Morgan fingerprint density at radius 3 is 2.63 bits per heavy atom. The third-order valence-electron chi connectivity index (χ3n) is 5.33. The van der Waals surface area contributed by atoms with Crippen molar-refractivity contribution in [3.05, 3.63) is 52.9 Å². The lowest BCUT2D eigenvalue weighted by molar-refractivity contribution is -0.115. The Balaban J connectivity index is 1.96. The van der Waals surface area contributed by atoms with Gasteiger partial charge in [-0.05, 0) is 49.3 Å². The molecule has 0 radical (unpaired) electrons. The molecule has 6 nitrogen and oxygen atoms in total. The van der Waals surface area contributed by atoms with Gasteiger partial charge in [0.2, 0.25) is 5.91 Å². The molecule has 1 N–H and O–H groups in total. The molecule has 8 heteroatoms. The molecule has 0 saturated heterocycles. The van der Waals surface area contributed by atoms with Crippen LogP contribution in [0.5, 0.6) is 0 Å². The second-order valence-corrected chi connectivity index (χ2v) is 10.5. The van der Waals surface area contributed by atoms with E-state index in [1.54, 1.807) is 5.38 Å². The Labute approximate surface area is 180 Å². The maximum absolute atomic E-state index is 12.6. The molecule has 1 aromatic heterocycles. The normalized spacial score (nSPS) is 14.5. The standard InChI is InChI=1S/C22H25NO5S2/c1-4-11-30(26,27)14(2)20(24)23-21-19(22(25)28-3)18(13-29-21)17-10-9-15-7-5-6-8-16(15)12-17/h4,9-10,12-14H,1,5-8,11H2,2-3H3,(H,23,24). The Kier molecular flexibility index (Phi) is 6.77. The van der Waals surface area contributed by atoms with Crippen LogP contribution < -0.4 is 5.32 Å². The van der Waals surface area contributed by atoms with Crippen molar-refractivity contribution in [3.63, 3.8) is 0 Å². The third-order valence-corrected chi connectivity index (χ3v) is 8.22. The van der Waals surface area contributed by atoms with Gasteiger partial charge in [0.25, 0.3) is 0 Å². The number of hydrogen-bond donors (Lipinski definition) is 1. The van der Waals surface area contributed by atoms with Gasteiger partial charge >= 0.3 is 5.97 Å². The van der Waals surface area contributed by atoms with Crippen LogP contribution in [0.4, 0.5) is 5.00 Å². The molecule has 160 valence electrons. The number of nitrogens with one attached hydrogen (secondary N) is 1. The summed E-state index contributed by atoms with van der Waals surface area (Å²) in [4.78, 5) is 25.1. The molecule has 1 aliphatic carbocycles. The molecule has 0 bridgehead atoms. The summed E-state index contributed by atoms with van der Waals surface area (Å²) in [5.74, 6) is -1.57. The van der Waals surface area contributed by atoms with Crippen molar-refractivity contribution in [2.45, 2.75) is 37.9 Å². The van der Waals surface area contributed by atoms with Gasteiger partial charge in [-0.1, -0.05) is 24.3 Å². The smallest absolute Gasteiger partial charge is 0.341 e. The lowest BCUT2D eigenvalue weighted by Gasteiger charge is -2.17. The number of carbonyl (C=O) groups is 2. The molecule has 1 aliphatic rings. The monoisotopic (exact) mass is 447 g/mol. The van der Waals surface area contributed by atoms with Crippen LogP contribution in [0.15, 0.2) is 36.2 Å². The predicted octanol–water partition coefficient (Wildman–Crippen LogP) is 4.01. The molecule has 1 amide bonds. The molecule has 3 rings (SSSR count). The second kappa shape index (κ2) is 9.14. The maximum Gasteiger partial charge on any atom is 0.341 e. The number of methoxy groups -OCH3 is 1. The van der Waals surface area contributed by atoms with Crippen molar-refractivity contribution in [2.24, 2.45) is 0 Å². The van der Waals surface area contributed by atoms with Gasteiger partial charge in [0.15, 0.2) is 9.84 Å². The SMILES string of the molecule is C=CCS(=O)(=O)C(C)C(=O)Nc1scc(-c2ccc3c(c2)CCCC3)c1C(=O)OC. The number of ether oxygens (including phenoxy) is 1. The van der Waals surface area contributed by atoms with E-state index >= 15 is 0 Å². The largest absolute Gasteiger partial charge is 0.465 e. The first-order valence-corrected chi connectivity index (χ1v) is 12.3. The van der Waals surface area contributed by atoms with Crippen LogP contribution in [0.25, 0.3) is 11.1 Å². The predicted molar refractivity (Wildman–Crippen MR) is 120 cm³/mol. The van der Waals surface area contributed by atoms with Gasteiger partial charge in [-0.15, -0.1) is 17.9 Å². The van der Waals surface area contributed by atoms with Gasteiger partial charge in [-0.2, -0.15) is 0 Å².